The van der Waals surface area contributed by atoms with Crippen molar-refractivity contribution in [3.63, 3.8) is 0 Å². The Kier molecular flexibility index (Phi) is 6.32. The molecule has 9 heteroatoms. The van der Waals surface area contributed by atoms with Gasteiger partial charge in [0.15, 0.2) is 0 Å². The summed E-state index contributed by atoms with van der Waals surface area (Å²) >= 11 is 0. The Morgan fingerprint density at radius 1 is 1.00 bits per heavy atom. The predicted molar refractivity (Wildman–Crippen MR) is 112 cm³/mol. The molecule has 2 heterocycles. The zero-order chi connectivity index (χ0) is 21.6. The summed E-state index contributed by atoms with van der Waals surface area (Å²) in [7, 11) is 0. The number of benzene rings is 2. The van der Waals surface area contributed by atoms with Gasteiger partial charge in [0.1, 0.15) is 17.4 Å². The van der Waals surface area contributed by atoms with Gasteiger partial charge in [0, 0.05) is 38.4 Å². The zero-order valence-corrected chi connectivity index (χ0v) is 16.7. The van der Waals surface area contributed by atoms with E-state index in [-0.39, 0.29) is 24.0 Å². The van der Waals surface area contributed by atoms with E-state index in [2.05, 4.69) is 15.3 Å². The lowest BCUT2D eigenvalue weighted by atomic mass is 10.3. The number of hydrogen-bond acceptors (Lipinski definition) is 6. The average Bonchev–Trinajstić information content (AvgIpc) is 2.78. The number of para-hydroxylation sites is 1. The first-order chi connectivity index (χ1) is 15.1. The number of carbonyl (C=O) groups excluding carboxylic acids is 1. The standard InChI is InChI=1S/C22H21F2N5O2/c23-16-5-7-17(8-6-16)31-21-9-10-25-22(27-21)29-13-11-28(12-14-29)15-20(30)26-19-4-2-1-3-18(19)24/h1-10H,11-15H2,(H,26,30). The van der Waals surface area contributed by atoms with Crippen LogP contribution in [0.3, 0.4) is 0 Å². The maximum Gasteiger partial charge on any atom is 0.238 e. The van der Waals surface area contributed by atoms with E-state index < -0.39 is 5.82 Å². The Balaban J connectivity index is 1.30. The predicted octanol–water partition coefficient (Wildman–Crippen LogP) is 3.31. The van der Waals surface area contributed by atoms with E-state index in [1.807, 2.05) is 9.80 Å². The normalized spacial score (nSPS) is 14.3. The molecule has 0 spiro atoms. The number of halogens is 2. The van der Waals surface area contributed by atoms with Crippen LogP contribution < -0.4 is 15.0 Å². The number of nitrogens with one attached hydrogen (secondary N) is 1. The molecule has 0 saturated carbocycles. The molecule has 4 rings (SSSR count). The molecule has 1 amide bonds. The van der Waals surface area contributed by atoms with Gasteiger partial charge in [0.05, 0.1) is 12.2 Å². The summed E-state index contributed by atoms with van der Waals surface area (Å²) < 4.78 is 32.4. The maximum atomic E-state index is 13.7. The minimum Gasteiger partial charge on any atom is -0.439 e. The van der Waals surface area contributed by atoms with E-state index in [1.54, 1.807) is 24.4 Å². The zero-order valence-electron chi connectivity index (χ0n) is 16.7. The molecule has 1 saturated heterocycles. The van der Waals surface area contributed by atoms with E-state index in [4.69, 9.17) is 4.74 Å². The van der Waals surface area contributed by atoms with Crippen molar-refractivity contribution in [1.82, 2.24) is 14.9 Å². The third-order valence-electron chi connectivity index (χ3n) is 4.82. The van der Waals surface area contributed by atoms with E-state index in [0.717, 1.165) is 0 Å². The van der Waals surface area contributed by atoms with Crippen molar-refractivity contribution >= 4 is 17.5 Å². The summed E-state index contributed by atoms with van der Waals surface area (Å²) in [5, 5.41) is 2.60. The second-order valence-corrected chi connectivity index (χ2v) is 7.04. The number of rotatable bonds is 6. The number of carbonyl (C=O) groups is 1. The van der Waals surface area contributed by atoms with Gasteiger partial charge in [0.2, 0.25) is 17.7 Å². The lowest BCUT2D eigenvalue weighted by Crippen LogP contribution is -2.49. The topological polar surface area (TPSA) is 70.6 Å². The summed E-state index contributed by atoms with van der Waals surface area (Å²) in [6, 6.07) is 13.4. The van der Waals surface area contributed by atoms with Gasteiger partial charge in [-0.25, -0.2) is 13.8 Å². The van der Waals surface area contributed by atoms with E-state index in [1.165, 1.54) is 36.4 Å². The van der Waals surface area contributed by atoms with Crippen LogP contribution >= 0.6 is 0 Å². The number of piperazine rings is 1. The van der Waals surface area contributed by atoms with Crippen LogP contribution in [0, 0.1) is 11.6 Å². The van der Waals surface area contributed by atoms with Gasteiger partial charge >= 0.3 is 0 Å². The van der Waals surface area contributed by atoms with Crippen molar-refractivity contribution in [3.05, 3.63) is 72.4 Å². The maximum absolute atomic E-state index is 13.7. The Labute approximate surface area is 178 Å². The smallest absolute Gasteiger partial charge is 0.238 e. The SMILES string of the molecule is O=C(CN1CCN(c2nccc(Oc3ccc(F)cc3)n2)CC1)Nc1ccccc1F. The molecule has 1 aromatic heterocycles. The molecule has 7 nitrogen and oxygen atoms in total. The molecule has 0 unspecified atom stereocenters. The number of nitrogens with zero attached hydrogens (tertiary/aromatic N) is 4. The highest BCUT2D eigenvalue weighted by atomic mass is 19.1. The molecular weight excluding hydrogens is 404 g/mol. The van der Waals surface area contributed by atoms with Crippen molar-refractivity contribution in [2.75, 3.05) is 42.9 Å². The molecule has 160 valence electrons. The second-order valence-electron chi connectivity index (χ2n) is 7.04. The monoisotopic (exact) mass is 425 g/mol. The Hall–Kier alpha value is -3.59. The van der Waals surface area contributed by atoms with E-state index in [0.29, 0.717) is 43.8 Å². The van der Waals surface area contributed by atoms with Crippen molar-refractivity contribution in [2.24, 2.45) is 0 Å². The molecule has 1 fully saturated rings. The Bertz CT molecular complexity index is 1040. The molecule has 1 aliphatic rings. The first-order valence-corrected chi connectivity index (χ1v) is 9.85. The molecule has 0 atom stereocenters. The largest absolute Gasteiger partial charge is 0.439 e. The molecule has 1 aliphatic heterocycles. The van der Waals surface area contributed by atoms with Crippen molar-refractivity contribution in [1.29, 1.82) is 0 Å². The molecule has 31 heavy (non-hydrogen) atoms. The second kappa shape index (κ2) is 9.48. The van der Waals surface area contributed by atoms with Crippen LogP contribution in [0.15, 0.2) is 60.8 Å². The summed E-state index contributed by atoms with van der Waals surface area (Å²) in [5.41, 5.74) is 0.178. The van der Waals surface area contributed by atoms with Crippen LogP contribution in [0.4, 0.5) is 20.4 Å². The molecule has 2 aromatic carbocycles. The third kappa shape index (κ3) is 5.52. The van der Waals surface area contributed by atoms with Gasteiger partial charge in [-0.15, -0.1) is 0 Å². The van der Waals surface area contributed by atoms with Gasteiger partial charge < -0.3 is 15.0 Å². The summed E-state index contributed by atoms with van der Waals surface area (Å²) in [5.74, 6) is 0.316. The number of amides is 1. The van der Waals surface area contributed by atoms with Crippen LogP contribution in [0.5, 0.6) is 11.6 Å². The summed E-state index contributed by atoms with van der Waals surface area (Å²) in [6.07, 6.45) is 1.61. The number of aromatic nitrogens is 2. The lowest BCUT2D eigenvalue weighted by Gasteiger charge is -2.34. The number of ether oxygens (including phenoxy) is 1. The Morgan fingerprint density at radius 2 is 1.74 bits per heavy atom. The fraction of sp³-hybridized carbons (Fsp3) is 0.227. The van der Waals surface area contributed by atoms with Crippen molar-refractivity contribution in [2.45, 2.75) is 0 Å². The minimum atomic E-state index is -0.458. The number of hydrogen-bond donors (Lipinski definition) is 1. The van der Waals surface area contributed by atoms with Gasteiger partial charge in [-0.05, 0) is 36.4 Å². The average molecular weight is 425 g/mol. The van der Waals surface area contributed by atoms with Crippen LogP contribution in [0.2, 0.25) is 0 Å². The molecule has 0 radical (unpaired) electrons. The number of anilines is 2. The molecule has 3 aromatic rings. The van der Waals surface area contributed by atoms with Crippen LogP contribution in [-0.2, 0) is 4.79 Å². The molecular formula is C22H21F2N5O2. The van der Waals surface area contributed by atoms with Gasteiger partial charge in [0.25, 0.3) is 0 Å². The summed E-state index contributed by atoms with van der Waals surface area (Å²) in [4.78, 5) is 25.0. The highest BCUT2D eigenvalue weighted by molar-refractivity contribution is 5.92. The first-order valence-electron chi connectivity index (χ1n) is 9.85. The van der Waals surface area contributed by atoms with Crippen molar-refractivity contribution < 1.29 is 18.3 Å². The van der Waals surface area contributed by atoms with E-state index in [9.17, 15) is 13.6 Å². The van der Waals surface area contributed by atoms with E-state index >= 15 is 0 Å². The quantitative estimate of drug-likeness (QED) is 0.654. The van der Waals surface area contributed by atoms with Gasteiger partial charge in [-0.3, -0.25) is 9.69 Å². The highest BCUT2D eigenvalue weighted by Crippen LogP contribution is 2.21. The van der Waals surface area contributed by atoms with Crippen molar-refractivity contribution in [3.8, 4) is 11.6 Å². The fourth-order valence-corrected chi connectivity index (χ4v) is 3.23. The van der Waals surface area contributed by atoms with Gasteiger partial charge in [-0.1, -0.05) is 12.1 Å². The summed E-state index contributed by atoms with van der Waals surface area (Å²) in [6.45, 7) is 2.71. The highest BCUT2D eigenvalue weighted by Gasteiger charge is 2.21. The van der Waals surface area contributed by atoms with Crippen LogP contribution in [-0.4, -0.2) is 53.5 Å². The van der Waals surface area contributed by atoms with Gasteiger partial charge in [-0.2, -0.15) is 4.98 Å². The minimum absolute atomic E-state index is 0.177. The fourth-order valence-electron chi connectivity index (χ4n) is 3.23. The molecule has 0 aliphatic carbocycles. The molecule has 0 bridgehead atoms. The first kappa shape index (κ1) is 20.7. The Morgan fingerprint density at radius 3 is 2.48 bits per heavy atom. The van der Waals surface area contributed by atoms with Crippen LogP contribution in [0.1, 0.15) is 0 Å². The lowest BCUT2D eigenvalue weighted by molar-refractivity contribution is -0.117. The third-order valence-corrected chi connectivity index (χ3v) is 4.82. The molecule has 1 N–H and O–H groups in total. The van der Waals surface area contributed by atoms with Crippen LogP contribution in [0.25, 0.3) is 0 Å².